The van der Waals surface area contributed by atoms with Crippen molar-refractivity contribution in [2.45, 2.75) is 114 Å². The van der Waals surface area contributed by atoms with Crippen LogP contribution in [-0.2, 0) is 12.4 Å². The normalized spacial score (nSPS) is 24.0. The first kappa shape index (κ1) is 49.7. The summed E-state index contributed by atoms with van der Waals surface area (Å²) in [5, 5.41) is 44.0. The number of β-amino-alcohol motifs (C(OH)–C–C–N with tert-alkyl or cyclic N) is 2. The maximum atomic E-state index is 12.8. The maximum Gasteiger partial charge on any atom is 0.416 e. The Morgan fingerprint density at radius 2 is 1.22 bits per heavy atom. The number of nitrogens with one attached hydrogen (secondary N) is 1. The number of nitrogens with zero attached hydrogens (tertiary/aromatic N) is 1. The summed E-state index contributed by atoms with van der Waals surface area (Å²) in [6.07, 6.45) is 11.7. The number of hydrogen-bond acceptors (Lipinski definition) is 8. The van der Waals surface area contributed by atoms with E-state index in [1.165, 1.54) is 24.3 Å². The Hall–Kier alpha value is -3.66. The number of likely N-dealkylation sites (tertiary alicyclic amines) is 1. The molecule has 4 unspecified atom stereocenters. The van der Waals surface area contributed by atoms with Crippen LogP contribution < -0.4 is 14.8 Å². The third-order valence-electron chi connectivity index (χ3n) is 10.3. The van der Waals surface area contributed by atoms with E-state index in [4.69, 9.17) is 9.47 Å². The number of hydrogen-bond donors (Lipinski definition) is 5. The Morgan fingerprint density at radius 3 is 1.71 bits per heavy atom. The van der Waals surface area contributed by atoms with Gasteiger partial charge < -0.3 is 35.2 Å². The summed E-state index contributed by atoms with van der Waals surface area (Å²) in [7, 11) is 1.92. The largest absolute Gasteiger partial charge is 0.491 e. The van der Waals surface area contributed by atoms with Gasteiger partial charge in [0.25, 0.3) is 0 Å². The summed E-state index contributed by atoms with van der Waals surface area (Å²) in [6, 6.07) is 9.04. The highest BCUT2D eigenvalue weighted by Gasteiger charge is 2.37. The summed E-state index contributed by atoms with van der Waals surface area (Å²) >= 11 is 0. The molecule has 0 saturated carbocycles. The molecule has 0 amide bonds. The highest BCUT2D eigenvalue weighted by Crippen LogP contribution is 2.33. The number of ether oxygens (including phenoxy) is 2. The van der Waals surface area contributed by atoms with Crippen LogP contribution in [0.3, 0.4) is 0 Å². The number of halogens is 6. The van der Waals surface area contributed by atoms with Gasteiger partial charge in [-0.1, -0.05) is 100 Å². The standard InChI is InChI=1S/C23H32F3NO3.C22H30F3NO3/c1-3-4-5-6-7-11-20-21(27(2)15-22(20)29)13-12-18(28)16-30-19-10-8-9-17(14-19)23(24,25)26;1-2-3-4-5-6-10-19-20(26-14-21(19)28)12-11-17(27)15-29-18-9-7-8-16(13-18)22(23,24)25/h6-10,12-14,18,20-22,28-29H,3-5,11,15-16H2,1-2H3;5-9,11-13,17,19-21,26-28H,2-4,10,14-15H2,1H3/b7-6-,13-12+;6-5-,12-11+/t18?,20-,21-,22?;17?,19-,20-,21?/m11/s1. The summed E-state index contributed by atoms with van der Waals surface area (Å²) in [4.78, 5) is 2.03. The Labute approximate surface area is 344 Å². The number of unbranched alkanes of at least 4 members (excludes halogenated alkanes) is 4. The van der Waals surface area contributed by atoms with E-state index < -0.39 is 47.9 Å². The van der Waals surface area contributed by atoms with Crippen molar-refractivity contribution in [3.05, 3.63) is 108 Å². The van der Waals surface area contributed by atoms with Gasteiger partial charge in [-0.2, -0.15) is 26.3 Å². The van der Waals surface area contributed by atoms with Crippen molar-refractivity contribution in [1.82, 2.24) is 10.2 Å². The molecule has 0 bridgehead atoms. The molecule has 8 atom stereocenters. The average molecular weight is 841 g/mol. The Morgan fingerprint density at radius 1 is 0.729 bits per heavy atom. The second kappa shape index (κ2) is 25.2. The number of alkyl halides is 6. The van der Waals surface area contributed by atoms with E-state index in [0.717, 1.165) is 75.6 Å². The lowest BCUT2D eigenvalue weighted by molar-refractivity contribution is -0.138. The Bertz CT molecular complexity index is 1620. The molecule has 4 rings (SSSR count). The molecule has 2 aromatic rings. The van der Waals surface area contributed by atoms with Crippen LogP contribution in [0, 0.1) is 11.8 Å². The molecule has 0 aromatic heterocycles. The van der Waals surface area contributed by atoms with E-state index >= 15 is 0 Å². The predicted molar refractivity (Wildman–Crippen MR) is 218 cm³/mol. The van der Waals surface area contributed by atoms with Crippen LogP contribution in [0.2, 0.25) is 0 Å². The predicted octanol–water partition coefficient (Wildman–Crippen LogP) is 8.52. The van der Waals surface area contributed by atoms with E-state index in [0.29, 0.717) is 13.1 Å². The van der Waals surface area contributed by atoms with Crippen LogP contribution >= 0.6 is 0 Å². The number of allylic oxidation sites excluding steroid dienone is 4. The average Bonchev–Trinajstić information content (AvgIpc) is 3.69. The number of aliphatic hydroxyl groups is 4. The Balaban J connectivity index is 0.000000316. The molecule has 2 aliphatic heterocycles. The van der Waals surface area contributed by atoms with Gasteiger partial charge in [-0.3, -0.25) is 4.90 Å². The van der Waals surface area contributed by atoms with E-state index in [1.807, 2.05) is 18.0 Å². The fourth-order valence-corrected chi connectivity index (χ4v) is 6.88. The van der Waals surface area contributed by atoms with Crippen molar-refractivity contribution in [1.29, 1.82) is 0 Å². The third kappa shape index (κ3) is 17.8. The third-order valence-corrected chi connectivity index (χ3v) is 10.3. The topological polar surface area (TPSA) is 115 Å². The van der Waals surface area contributed by atoms with Gasteiger partial charge in [-0.25, -0.2) is 0 Å². The molecular weight excluding hydrogens is 778 g/mol. The smallest absolute Gasteiger partial charge is 0.416 e. The molecule has 2 aromatic carbocycles. The molecule has 14 heteroatoms. The summed E-state index contributed by atoms with van der Waals surface area (Å²) in [5.74, 6) is 0.152. The molecule has 2 fully saturated rings. The molecule has 5 N–H and O–H groups in total. The zero-order valence-electron chi connectivity index (χ0n) is 34.2. The van der Waals surface area contributed by atoms with Gasteiger partial charge >= 0.3 is 12.4 Å². The lowest BCUT2D eigenvalue weighted by atomic mass is 9.93. The zero-order chi connectivity index (χ0) is 43.4. The van der Waals surface area contributed by atoms with Gasteiger partial charge in [0.1, 0.15) is 36.9 Å². The second-order valence-corrected chi connectivity index (χ2v) is 15.1. The van der Waals surface area contributed by atoms with Crippen molar-refractivity contribution in [2.24, 2.45) is 11.8 Å². The second-order valence-electron chi connectivity index (χ2n) is 15.1. The first-order chi connectivity index (χ1) is 28.0. The Kier molecular flexibility index (Phi) is 21.2. The zero-order valence-corrected chi connectivity index (χ0v) is 34.2. The lowest BCUT2D eigenvalue weighted by Gasteiger charge is -2.21. The molecule has 330 valence electrons. The van der Waals surface area contributed by atoms with Crippen LogP contribution in [-0.4, -0.2) is 95.2 Å². The molecule has 0 spiro atoms. The molecule has 2 heterocycles. The molecular formula is C45H62F6N2O6. The molecule has 0 aliphatic carbocycles. The van der Waals surface area contributed by atoms with Crippen LogP contribution in [0.5, 0.6) is 11.5 Å². The maximum absolute atomic E-state index is 12.8. The highest BCUT2D eigenvalue weighted by molar-refractivity contribution is 5.31. The molecule has 59 heavy (non-hydrogen) atoms. The van der Waals surface area contributed by atoms with Crippen molar-refractivity contribution < 1.29 is 56.2 Å². The van der Waals surface area contributed by atoms with E-state index in [-0.39, 0.29) is 48.6 Å². The molecule has 0 radical (unpaired) electrons. The SMILES string of the molecule is CCCC/C=C\C[C@H]1C(O)CN(C)[C@@H]1/C=C/C(O)COc1cccc(C(F)(F)F)c1.CCCC/C=C\C[C@H]1C(O)CN[C@@H]1/C=C/C(O)COc1cccc(C(F)(F)F)c1. The minimum Gasteiger partial charge on any atom is -0.491 e. The van der Waals surface area contributed by atoms with Crippen LogP contribution in [0.4, 0.5) is 26.3 Å². The van der Waals surface area contributed by atoms with Gasteiger partial charge in [0.15, 0.2) is 0 Å². The van der Waals surface area contributed by atoms with Crippen LogP contribution in [0.25, 0.3) is 0 Å². The van der Waals surface area contributed by atoms with Gasteiger partial charge in [0.05, 0.1) is 23.3 Å². The fourth-order valence-electron chi connectivity index (χ4n) is 6.88. The van der Waals surface area contributed by atoms with Gasteiger partial charge in [0.2, 0.25) is 0 Å². The number of rotatable bonds is 20. The van der Waals surface area contributed by atoms with Crippen molar-refractivity contribution in [3.63, 3.8) is 0 Å². The lowest BCUT2D eigenvalue weighted by Crippen LogP contribution is -2.28. The van der Waals surface area contributed by atoms with Gasteiger partial charge in [-0.15, -0.1) is 0 Å². The van der Waals surface area contributed by atoms with Gasteiger partial charge in [0, 0.05) is 37.0 Å². The van der Waals surface area contributed by atoms with E-state index in [2.05, 4.69) is 43.5 Å². The van der Waals surface area contributed by atoms with Crippen molar-refractivity contribution in [3.8, 4) is 11.5 Å². The van der Waals surface area contributed by atoms with E-state index in [9.17, 15) is 46.8 Å². The van der Waals surface area contributed by atoms with Crippen molar-refractivity contribution in [2.75, 3.05) is 33.4 Å². The van der Waals surface area contributed by atoms with Crippen molar-refractivity contribution >= 4 is 0 Å². The number of likely N-dealkylation sites (N-methyl/N-ethyl adjacent to an activating group) is 1. The number of aliphatic hydroxyl groups excluding tert-OH is 4. The minimum absolute atomic E-state index is 0.0145. The molecule has 8 nitrogen and oxygen atoms in total. The monoisotopic (exact) mass is 840 g/mol. The molecule has 2 saturated heterocycles. The van der Waals surface area contributed by atoms with Crippen LogP contribution in [0.1, 0.15) is 76.3 Å². The summed E-state index contributed by atoms with van der Waals surface area (Å²) in [5.41, 5.74) is -1.58. The molecule has 2 aliphatic rings. The first-order valence-corrected chi connectivity index (χ1v) is 20.5. The van der Waals surface area contributed by atoms with Gasteiger partial charge in [-0.05, 0) is 69.1 Å². The fraction of sp³-hybridized carbons (Fsp3) is 0.556. The minimum atomic E-state index is -4.44. The van der Waals surface area contributed by atoms with Crippen LogP contribution in [0.15, 0.2) is 97.1 Å². The number of benzene rings is 2. The highest BCUT2D eigenvalue weighted by atomic mass is 19.4. The quantitative estimate of drug-likeness (QED) is 0.0513. The first-order valence-electron chi connectivity index (χ1n) is 20.5. The summed E-state index contributed by atoms with van der Waals surface area (Å²) in [6.45, 7) is 5.01. The summed E-state index contributed by atoms with van der Waals surface area (Å²) < 4.78 is 87.1. The van der Waals surface area contributed by atoms with E-state index in [1.54, 1.807) is 18.2 Å².